The number of fused-ring (bicyclic) bond motifs is 1. The summed E-state index contributed by atoms with van der Waals surface area (Å²) in [6, 6.07) is -0.289. The van der Waals surface area contributed by atoms with Crippen LogP contribution in [0.15, 0.2) is 11.1 Å². The molecule has 0 bridgehead atoms. The number of H-pyrrole nitrogens is 1. The van der Waals surface area contributed by atoms with E-state index in [2.05, 4.69) is 24.8 Å². The predicted octanol–water partition coefficient (Wildman–Crippen LogP) is 0.222. The third-order valence-corrected chi connectivity index (χ3v) is 5.85. The first-order valence-corrected chi connectivity index (χ1v) is 11.3. The molecule has 2 radical (unpaired) electrons. The van der Waals surface area contributed by atoms with Crippen molar-refractivity contribution in [1.29, 1.82) is 0 Å². The predicted molar refractivity (Wildman–Crippen MR) is 126 cm³/mol. The Morgan fingerprint density at radius 3 is 2.58 bits per heavy atom. The molecule has 11 nitrogen and oxygen atoms in total. The number of nitrogens with zero attached hydrogens (tertiary/aromatic N) is 3. The maximum absolute atomic E-state index is 12.3. The number of nitrogens with two attached hydrogens (primary N) is 2. The van der Waals surface area contributed by atoms with Crippen LogP contribution in [0.25, 0.3) is 11.2 Å². The maximum atomic E-state index is 12.3. The van der Waals surface area contributed by atoms with Crippen molar-refractivity contribution in [1.82, 2.24) is 19.5 Å². The van der Waals surface area contributed by atoms with Gasteiger partial charge in [-0.2, -0.15) is 4.98 Å². The monoisotopic (exact) mass is 478 g/mol. The van der Waals surface area contributed by atoms with Gasteiger partial charge >= 0.3 is 0 Å². The highest BCUT2D eigenvalue weighted by molar-refractivity contribution is 6.36. The normalized spacial score (nSPS) is 27.1. The van der Waals surface area contributed by atoms with Crippen molar-refractivity contribution in [2.24, 2.45) is 11.1 Å². The molecule has 2 aromatic heterocycles. The average molecular weight is 479 g/mol. The van der Waals surface area contributed by atoms with Gasteiger partial charge in [0, 0.05) is 6.04 Å². The summed E-state index contributed by atoms with van der Waals surface area (Å²) in [5.41, 5.74) is 8.71. The van der Waals surface area contributed by atoms with Crippen LogP contribution in [-0.4, -0.2) is 75.9 Å². The van der Waals surface area contributed by atoms with Gasteiger partial charge < -0.3 is 30.8 Å². The minimum absolute atomic E-state index is 0.0635. The van der Waals surface area contributed by atoms with Crippen LogP contribution in [0.5, 0.6) is 0 Å². The number of aliphatic hydroxyl groups is 1. The molecule has 0 aliphatic carbocycles. The average Bonchev–Trinajstić information content (AvgIpc) is 3.17. The molecule has 1 aliphatic rings. The summed E-state index contributed by atoms with van der Waals surface area (Å²) in [6.45, 7) is 13.3. The Morgan fingerprint density at radius 2 is 2.03 bits per heavy atom. The Hall–Kier alpha value is -2.12. The third kappa shape index (κ3) is 4.76. The van der Waals surface area contributed by atoms with E-state index in [1.807, 2.05) is 41.5 Å². The van der Waals surface area contributed by atoms with Gasteiger partial charge in [-0.15, -0.1) is 0 Å². The SMILES string of the molecule is CC(N)CO[C@H]1[C@H](n2cnc3c(=O)[nH]c(N)nc32)O[C@H](C(=[Si])OC(C)(C)C)[C@]1(O)C(C)(C)C. The van der Waals surface area contributed by atoms with Gasteiger partial charge in [0.15, 0.2) is 17.4 Å². The van der Waals surface area contributed by atoms with Crippen LogP contribution >= 0.6 is 0 Å². The molecule has 0 saturated carbocycles. The van der Waals surface area contributed by atoms with E-state index in [1.54, 1.807) is 11.5 Å². The molecule has 1 aliphatic heterocycles. The van der Waals surface area contributed by atoms with Gasteiger partial charge in [0.05, 0.1) is 28.4 Å². The number of nitrogens with one attached hydrogen (secondary N) is 1. The Kier molecular flexibility index (Phi) is 6.63. The second kappa shape index (κ2) is 8.58. The fraction of sp³-hybridized carbons (Fsp3) is 0.714. The number of imidazole rings is 1. The molecular formula is C21H34N6O5Si. The van der Waals surface area contributed by atoms with Crippen LogP contribution in [0, 0.1) is 5.41 Å². The van der Waals surface area contributed by atoms with Crippen LogP contribution in [0.1, 0.15) is 54.7 Å². The first-order chi connectivity index (χ1) is 15.1. The molecule has 0 amide bonds. The molecule has 0 spiro atoms. The third-order valence-electron chi connectivity index (χ3n) is 5.49. The lowest BCUT2D eigenvalue weighted by Gasteiger charge is -2.44. The summed E-state index contributed by atoms with van der Waals surface area (Å²) in [4.78, 5) is 23.2. The van der Waals surface area contributed by atoms with Crippen LogP contribution in [0.3, 0.4) is 0 Å². The van der Waals surface area contributed by atoms with E-state index in [0.29, 0.717) is 5.35 Å². The van der Waals surface area contributed by atoms with Crippen molar-refractivity contribution in [3.8, 4) is 0 Å². The summed E-state index contributed by atoms with van der Waals surface area (Å²) < 4.78 is 20.1. The maximum Gasteiger partial charge on any atom is 0.280 e. The molecule has 1 fully saturated rings. The van der Waals surface area contributed by atoms with Crippen molar-refractivity contribution in [3.05, 3.63) is 16.7 Å². The number of anilines is 1. The summed E-state index contributed by atoms with van der Waals surface area (Å²) in [6.07, 6.45) is -1.34. The molecule has 0 aromatic carbocycles. The number of nitrogen functional groups attached to an aromatic ring is 1. The molecule has 6 N–H and O–H groups in total. The van der Waals surface area contributed by atoms with Crippen molar-refractivity contribution >= 4 is 32.3 Å². The molecule has 33 heavy (non-hydrogen) atoms. The van der Waals surface area contributed by atoms with E-state index in [-0.39, 0.29) is 29.8 Å². The minimum atomic E-state index is -1.57. The highest BCUT2D eigenvalue weighted by atomic mass is 28.1. The van der Waals surface area contributed by atoms with Crippen molar-refractivity contribution in [3.63, 3.8) is 0 Å². The summed E-state index contributed by atoms with van der Waals surface area (Å²) in [5.74, 6) is -0.0635. The lowest BCUT2D eigenvalue weighted by Crippen LogP contribution is -2.61. The summed E-state index contributed by atoms with van der Waals surface area (Å²) in [5, 5.41) is 12.5. The smallest absolute Gasteiger partial charge is 0.280 e. The highest BCUT2D eigenvalue weighted by Gasteiger charge is 2.64. The van der Waals surface area contributed by atoms with E-state index >= 15 is 0 Å². The van der Waals surface area contributed by atoms with E-state index in [1.165, 1.54) is 6.33 Å². The largest absolute Gasteiger partial charge is 0.495 e. The van der Waals surface area contributed by atoms with Crippen LogP contribution in [-0.2, 0) is 14.2 Å². The number of ether oxygens (including phenoxy) is 3. The molecular weight excluding hydrogens is 444 g/mol. The zero-order valence-corrected chi connectivity index (χ0v) is 21.2. The van der Waals surface area contributed by atoms with Gasteiger partial charge in [0.25, 0.3) is 5.56 Å². The Balaban J connectivity index is 2.18. The summed E-state index contributed by atoms with van der Waals surface area (Å²) >= 11 is 0. The van der Waals surface area contributed by atoms with Crippen molar-refractivity contribution in [2.45, 2.75) is 84.1 Å². The number of aromatic amines is 1. The number of hydrogen-bond donors (Lipinski definition) is 4. The van der Waals surface area contributed by atoms with Gasteiger partial charge in [-0.25, -0.2) is 4.98 Å². The molecule has 1 unspecified atom stereocenters. The lowest BCUT2D eigenvalue weighted by atomic mass is 9.70. The molecule has 2 aromatic rings. The molecule has 1 saturated heterocycles. The molecule has 3 rings (SSSR count). The van der Waals surface area contributed by atoms with Crippen LogP contribution < -0.4 is 17.0 Å². The van der Waals surface area contributed by atoms with Gasteiger partial charge in [-0.05, 0) is 33.1 Å². The van der Waals surface area contributed by atoms with E-state index in [0.717, 1.165) is 0 Å². The molecule has 3 heterocycles. The number of aromatic nitrogens is 4. The highest BCUT2D eigenvalue weighted by Crippen LogP contribution is 2.49. The zero-order chi connectivity index (χ0) is 24.9. The van der Waals surface area contributed by atoms with Crippen LogP contribution in [0.2, 0.25) is 0 Å². The minimum Gasteiger partial charge on any atom is -0.495 e. The molecule has 5 atom stereocenters. The number of rotatable bonds is 6. The number of hydrogen-bond acceptors (Lipinski definition) is 9. The van der Waals surface area contributed by atoms with E-state index in [4.69, 9.17) is 25.7 Å². The van der Waals surface area contributed by atoms with Gasteiger partial charge in [-0.3, -0.25) is 14.3 Å². The fourth-order valence-electron chi connectivity index (χ4n) is 3.95. The topological polar surface area (TPSA) is 164 Å². The Labute approximate surface area is 195 Å². The Morgan fingerprint density at radius 1 is 1.39 bits per heavy atom. The van der Waals surface area contributed by atoms with Crippen molar-refractivity contribution in [2.75, 3.05) is 12.3 Å². The van der Waals surface area contributed by atoms with E-state index in [9.17, 15) is 9.90 Å². The lowest BCUT2D eigenvalue weighted by molar-refractivity contribution is -0.158. The standard InChI is InChI=1S/C21H34N6O5Si/c1-10(22)8-30-12-16(27-9-24-11-14(27)25-18(23)26-15(11)28)31-13(17(33)32-20(5,6)7)21(12,29)19(2,3)4/h9-10,12-13,16,29H,8,22H2,1-7H3,(H3,23,25,26,28)/t10?,12-,13+,16+,21-/m0/s1. The van der Waals surface area contributed by atoms with Gasteiger partial charge in [0.2, 0.25) is 5.95 Å². The second-order valence-corrected chi connectivity index (χ2v) is 11.1. The van der Waals surface area contributed by atoms with Crippen LogP contribution in [0.4, 0.5) is 5.95 Å². The van der Waals surface area contributed by atoms with Gasteiger partial charge in [-0.1, -0.05) is 20.8 Å². The van der Waals surface area contributed by atoms with Crippen molar-refractivity contribution < 1.29 is 19.3 Å². The van der Waals surface area contributed by atoms with Gasteiger partial charge in [0.1, 0.15) is 23.2 Å². The molecule has 182 valence electrons. The first-order valence-electron chi connectivity index (χ1n) is 10.8. The quantitative estimate of drug-likeness (QED) is 0.425. The molecule has 12 heteroatoms. The summed E-state index contributed by atoms with van der Waals surface area (Å²) in [7, 11) is 3.56. The Bertz CT molecular complexity index is 1090. The second-order valence-electron chi connectivity index (χ2n) is 10.6. The fourth-order valence-corrected chi connectivity index (χ4v) is 4.55. The van der Waals surface area contributed by atoms with E-state index < -0.39 is 40.6 Å². The zero-order valence-electron chi connectivity index (χ0n) is 20.2. The first kappa shape index (κ1) is 25.5.